The van der Waals surface area contributed by atoms with Gasteiger partial charge in [-0.25, -0.2) is 14.2 Å². The van der Waals surface area contributed by atoms with Gasteiger partial charge in [0.25, 0.3) is 11.8 Å². The summed E-state index contributed by atoms with van der Waals surface area (Å²) in [6.07, 6.45) is -10.1. The Morgan fingerprint density at radius 1 is 0.778 bits per heavy atom. The van der Waals surface area contributed by atoms with Crippen molar-refractivity contribution in [2.45, 2.75) is 40.9 Å². The Morgan fingerprint density at radius 3 is 1.94 bits per heavy atom. The first-order valence-electron chi connectivity index (χ1n) is 16.0. The van der Waals surface area contributed by atoms with E-state index in [4.69, 9.17) is 32.7 Å². The third kappa shape index (κ3) is 5.27. The summed E-state index contributed by atoms with van der Waals surface area (Å²) in [5.74, 6) is -11.6. The van der Waals surface area contributed by atoms with Crippen molar-refractivity contribution in [3.63, 3.8) is 0 Å². The normalized spacial score (nSPS) is 28.2. The number of phenolic OH excluding ortho intramolecular Hbond substituents is 1. The van der Waals surface area contributed by atoms with E-state index < -0.39 is 104 Å². The fourth-order valence-electron chi connectivity index (χ4n) is 8.20. The van der Waals surface area contributed by atoms with Crippen molar-refractivity contribution in [3.8, 4) is 17.2 Å². The topological polar surface area (TPSA) is 113 Å². The van der Waals surface area contributed by atoms with Crippen LogP contribution in [0, 0.1) is 23.6 Å². The number of nitrogens with zero attached hydrogens (tertiary/aromatic N) is 2. The van der Waals surface area contributed by atoms with Gasteiger partial charge in [0.05, 0.1) is 48.6 Å². The SMILES string of the molecule is COc1cc(O)c([C@H]2C3=CC[C@@H]4C(=O)N(c5cc(C(F)(F)F)cc(C(F)(F)F)c5)C(=O)[C@@H]4[C@@H]3C[C@@]3(Cl)C(=O)N(c4ccc(F)cc4)C(=O)[C@@]23Cl)c(OC)c1. The Morgan fingerprint density at radius 2 is 1.39 bits per heavy atom. The molecule has 54 heavy (non-hydrogen) atoms. The van der Waals surface area contributed by atoms with Gasteiger partial charge in [-0.15, -0.1) is 23.2 Å². The molecule has 2 heterocycles. The molecule has 1 saturated carbocycles. The highest BCUT2D eigenvalue weighted by Gasteiger charge is 2.77. The molecule has 2 aliphatic heterocycles. The third-order valence-electron chi connectivity index (χ3n) is 10.6. The van der Waals surface area contributed by atoms with E-state index in [2.05, 4.69) is 0 Å². The second kappa shape index (κ2) is 12.3. The summed E-state index contributed by atoms with van der Waals surface area (Å²) < 4.78 is 108. The monoisotopic (exact) mass is 800 g/mol. The number of hydrogen-bond acceptors (Lipinski definition) is 7. The van der Waals surface area contributed by atoms with Crippen LogP contribution in [0.2, 0.25) is 0 Å². The number of carbonyl (C=O) groups excluding carboxylic acids is 4. The number of benzene rings is 3. The van der Waals surface area contributed by atoms with E-state index in [-0.39, 0.29) is 57.8 Å². The van der Waals surface area contributed by atoms with Crippen LogP contribution in [-0.2, 0) is 31.5 Å². The number of carbonyl (C=O) groups is 4. The first kappa shape index (κ1) is 37.5. The van der Waals surface area contributed by atoms with Crippen molar-refractivity contribution >= 4 is 58.2 Å². The number of imide groups is 2. The Kier molecular flexibility index (Phi) is 8.57. The van der Waals surface area contributed by atoms with E-state index in [0.29, 0.717) is 4.90 Å². The fraction of sp³-hybridized carbons (Fsp3) is 0.333. The molecule has 3 aromatic rings. The van der Waals surface area contributed by atoms with Gasteiger partial charge in [0.1, 0.15) is 23.1 Å². The summed E-state index contributed by atoms with van der Waals surface area (Å²) in [5.41, 5.74) is -4.70. The van der Waals surface area contributed by atoms with Crippen LogP contribution in [0.4, 0.5) is 42.1 Å². The van der Waals surface area contributed by atoms with Gasteiger partial charge < -0.3 is 14.6 Å². The highest BCUT2D eigenvalue weighted by molar-refractivity contribution is 6.58. The van der Waals surface area contributed by atoms with E-state index in [1.807, 2.05) is 0 Å². The molecule has 4 amide bonds. The summed E-state index contributed by atoms with van der Waals surface area (Å²) in [6, 6.07) is 7.03. The average molecular weight is 801 g/mol. The lowest BCUT2D eigenvalue weighted by atomic mass is 9.56. The predicted octanol–water partition coefficient (Wildman–Crippen LogP) is 7.35. The number of rotatable bonds is 5. The molecule has 2 aliphatic carbocycles. The second-order valence-electron chi connectivity index (χ2n) is 13.3. The van der Waals surface area contributed by atoms with Crippen molar-refractivity contribution in [3.05, 3.63) is 88.8 Å². The van der Waals surface area contributed by atoms with Crippen LogP contribution in [0.3, 0.4) is 0 Å². The largest absolute Gasteiger partial charge is 0.507 e. The number of amides is 4. The molecule has 0 unspecified atom stereocenters. The van der Waals surface area contributed by atoms with Crippen molar-refractivity contribution in [2.24, 2.45) is 17.8 Å². The smallest absolute Gasteiger partial charge is 0.416 e. The van der Waals surface area contributed by atoms with Gasteiger partial charge in [0, 0.05) is 23.6 Å². The van der Waals surface area contributed by atoms with E-state index in [1.165, 1.54) is 26.4 Å². The van der Waals surface area contributed by atoms with Crippen LogP contribution in [0.1, 0.15) is 35.4 Å². The fourth-order valence-corrected chi connectivity index (χ4v) is 9.12. The average Bonchev–Trinajstić information content (AvgIpc) is 3.45. The summed E-state index contributed by atoms with van der Waals surface area (Å²) in [6.45, 7) is 0. The van der Waals surface area contributed by atoms with Crippen molar-refractivity contribution in [2.75, 3.05) is 24.0 Å². The third-order valence-corrected chi connectivity index (χ3v) is 12.0. The van der Waals surface area contributed by atoms with Gasteiger partial charge in [-0.2, -0.15) is 26.3 Å². The Labute approximate surface area is 310 Å². The van der Waals surface area contributed by atoms with Crippen LogP contribution in [0.15, 0.2) is 66.2 Å². The molecule has 0 bridgehead atoms. The standard InChI is InChI=1S/C36H25Cl2F7N2O7/c1-53-20-12-24(48)27(25(13-20)54-2)28-21-7-8-22-26(30(50)46(29(22)49)19-10-15(35(40,41)42)9-16(11-19)36(43,44)45)23(21)14-33(37)31(51)47(32(52)34(28,33)38)18-5-3-17(39)4-6-18/h3-7,9-13,22-23,26,28,48H,8,14H2,1-2H3/t22-,23+,26-,28+,33+,34-/m0/s1. The number of allylic oxidation sites excluding steroid dienone is 2. The van der Waals surface area contributed by atoms with Gasteiger partial charge in [0.2, 0.25) is 11.8 Å². The molecule has 0 aromatic heterocycles. The zero-order valence-electron chi connectivity index (χ0n) is 27.7. The molecule has 4 aliphatic rings. The lowest BCUT2D eigenvalue weighted by molar-refractivity contribution is -0.143. The molecule has 3 aromatic carbocycles. The molecule has 0 radical (unpaired) electrons. The number of aromatic hydroxyl groups is 1. The number of alkyl halides is 8. The van der Waals surface area contributed by atoms with Crippen LogP contribution in [0.25, 0.3) is 0 Å². The van der Waals surface area contributed by atoms with Gasteiger partial charge in [-0.05, 0) is 61.2 Å². The van der Waals surface area contributed by atoms with Crippen molar-refractivity contribution in [1.29, 1.82) is 0 Å². The van der Waals surface area contributed by atoms with E-state index in [9.17, 15) is 55.0 Å². The number of hydrogen-bond donors (Lipinski definition) is 1. The number of halogens is 9. The van der Waals surface area contributed by atoms with Crippen molar-refractivity contribution in [1.82, 2.24) is 0 Å². The molecule has 2 saturated heterocycles. The molecule has 18 heteroatoms. The van der Waals surface area contributed by atoms with Crippen LogP contribution < -0.4 is 19.3 Å². The Bertz CT molecular complexity index is 2140. The second-order valence-corrected chi connectivity index (χ2v) is 14.5. The maximum absolute atomic E-state index is 14.6. The predicted molar refractivity (Wildman–Crippen MR) is 177 cm³/mol. The first-order chi connectivity index (χ1) is 25.2. The highest BCUT2D eigenvalue weighted by Crippen LogP contribution is 2.67. The van der Waals surface area contributed by atoms with Crippen LogP contribution in [0.5, 0.6) is 17.2 Å². The van der Waals surface area contributed by atoms with Gasteiger partial charge in [-0.1, -0.05) is 11.6 Å². The molecule has 284 valence electrons. The lowest BCUT2D eigenvalue weighted by Crippen LogP contribution is -2.60. The number of phenols is 1. The van der Waals surface area contributed by atoms with Gasteiger partial charge >= 0.3 is 12.4 Å². The molecule has 7 rings (SSSR count). The maximum atomic E-state index is 14.6. The summed E-state index contributed by atoms with van der Waals surface area (Å²) in [4.78, 5) is 53.1. The minimum atomic E-state index is -5.29. The number of ether oxygens (including phenoxy) is 2. The van der Waals surface area contributed by atoms with E-state index >= 15 is 0 Å². The summed E-state index contributed by atoms with van der Waals surface area (Å²) in [7, 11) is 2.50. The number of anilines is 2. The molecule has 0 spiro atoms. The quantitative estimate of drug-likeness (QED) is 0.124. The van der Waals surface area contributed by atoms with Crippen LogP contribution >= 0.6 is 23.2 Å². The number of fused-ring (bicyclic) bond motifs is 4. The van der Waals surface area contributed by atoms with E-state index in [1.54, 1.807) is 0 Å². The minimum Gasteiger partial charge on any atom is -0.507 e. The minimum absolute atomic E-state index is 0.0900. The van der Waals surface area contributed by atoms with Crippen molar-refractivity contribution < 1.29 is 64.5 Å². The molecular formula is C36H25Cl2F7N2O7. The van der Waals surface area contributed by atoms with E-state index in [0.717, 1.165) is 30.3 Å². The highest BCUT2D eigenvalue weighted by atomic mass is 35.5. The molecular weight excluding hydrogens is 776 g/mol. The Balaban J connectivity index is 1.42. The Hall–Kier alpha value is -4.83. The first-order valence-corrected chi connectivity index (χ1v) is 16.8. The van der Waals surface area contributed by atoms with Gasteiger partial charge in [-0.3, -0.25) is 19.2 Å². The summed E-state index contributed by atoms with van der Waals surface area (Å²) in [5, 5.41) is 11.5. The zero-order chi connectivity index (χ0) is 39.4. The zero-order valence-corrected chi connectivity index (χ0v) is 29.2. The van der Waals surface area contributed by atoms with Gasteiger partial charge in [0.15, 0.2) is 9.75 Å². The van der Waals surface area contributed by atoms with Crippen LogP contribution in [-0.4, -0.2) is 52.7 Å². The lowest BCUT2D eigenvalue weighted by Gasteiger charge is -2.50. The molecule has 1 N–H and O–H groups in total. The molecule has 3 fully saturated rings. The summed E-state index contributed by atoms with van der Waals surface area (Å²) >= 11 is 14.6. The molecule has 6 atom stereocenters. The molecule has 9 nitrogen and oxygen atoms in total. The maximum Gasteiger partial charge on any atom is 0.416 e. The number of methoxy groups -OCH3 is 2.